The Morgan fingerprint density at radius 1 is 1.17 bits per heavy atom. The number of carbonyl (C=O) groups is 1. The largest absolute Gasteiger partial charge is 0.496 e. The van der Waals surface area contributed by atoms with Crippen LogP contribution in [-0.2, 0) is 10.0 Å². The second kappa shape index (κ2) is 6.11. The topological polar surface area (TPSA) is 63.7 Å². The molecule has 0 aliphatic carbocycles. The van der Waals surface area contributed by atoms with E-state index in [1.807, 2.05) is 0 Å². The lowest BCUT2D eigenvalue weighted by Crippen LogP contribution is -2.37. The van der Waals surface area contributed by atoms with Crippen LogP contribution in [0.3, 0.4) is 0 Å². The van der Waals surface area contributed by atoms with Crippen molar-refractivity contribution >= 4 is 33.1 Å². The molecule has 0 bridgehead atoms. The number of halogens is 1. The number of carbonyl (C=O) groups excluding carboxylic acids is 1. The van der Waals surface area contributed by atoms with Crippen molar-refractivity contribution in [2.75, 3.05) is 18.0 Å². The summed E-state index contributed by atoms with van der Waals surface area (Å²) in [5, 5.41) is 0.404. The number of aryl methyl sites for hydroxylation is 1. The number of sulfonamides is 1. The van der Waals surface area contributed by atoms with E-state index >= 15 is 0 Å². The number of methoxy groups -OCH3 is 1. The molecule has 0 spiro atoms. The van der Waals surface area contributed by atoms with E-state index in [2.05, 4.69) is 0 Å². The van der Waals surface area contributed by atoms with Crippen LogP contribution in [0.1, 0.15) is 22.3 Å². The summed E-state index contributed by atoms with van der Waals surface area (Å²) in [7, 11) is -2.24. The van der Waals surface area contributed by atoms with Gasteiger partial charge in [-0.25, -0.2) is 8.42 Å². The van der Waals surface area contributed by atoms with E-state index < -0.39 is 10.0 Å². The summed E-state index contributed by atoms with van der Waals surface area (Å²) in [6.45, 7) is 1.90. The molecule has 5 nitrogen and oxygen atoms in total. The Bertz CT molecular complexity index is 924. The third-order valence-corrected chi connectivity index (χ3v) is 6.07. The zero-order chi connectivity index (χ0) is 17.5. The van der Waals surface area contributed by atoms with Gasteiger partial charge in [0.25, 0.3) is 10.0 Å². The highest BCUT2D eigenvalue weighted by Crippen LogP contribution is 2.34. The van der Waals surface area contributed by atoms with Gasteiger partial charge in [-0.05, 0) is 48.9 Å². The van der Waals surface area contributed by atoms with E-state index in [9.17, 15) is 13.2 Å². The van der Waals surface area contributed by atoms with Crippen LogP contribution in [0.4, 0.5) is 5.69 Å². The molecule has 0 aromatic heterocycles. The molecule has 0 saturated carbocycles. The summed E-state index contributed by atoms with van der Waals surface area (Å²) >= 11 is 5.94. The van der Waals surface area contributed by atoms with Gasteiger partial charge in [0.15, 0.2) is 5.78 Å². The Hall–Kier alpha value is -2.05. The maximum absolute atomic E-state index is 13.0. The minimum absolute atomic E-state index is 0.107. The number of hydrogen-bond acceptors (Lipinski definition) is 4. The van der Waals surface area contributed by atoms with Gasteiger partial charge in [-0.15, -0.1) is 0 Å². The second-order valence-electron chi connectivity index (χ2n) is 5.54. The maximum atomic E-state index is 13.0. The summed E-state index contributed by atoms with van der Waals surface area (Å²) < 4.78 is 32.5. The van der Waals surface area contributed by atoms with Crippen molar-refractivity contribution in [2.24, 2.45) is 0 Å². The third-order valence-electron chi connectivity index (χ3n) is 4.02. The summed E-state index contributed by atoms with van der Waals surface area (Å²) in [5.41, 5.74) is 1.43. The van der Waals surface area contributed by atoms with Crippen molar-refractivity contribution in [2.45, 2.75) is 18.2 Å². The SMILES string of the molecule is COc1ccc(S(=O)(=O)N2CCC(=O)c3cc(Cl)ccc32)cc1C. The number of hydrogen-bond donors (Lipinski definition) is 0. The summed E-state index contributed by atoms with van der Waals surface area (Å²) in [4.78, 5) is 12.3. The number of ether oxygens (including phenoxy) is 1. The van der Waals surface area contributed by atoms with E-state index in [-0.39, 0.29) is 23.6 Å². The van der Waals surface area contributed by atoms with Crippen LogP contribution in [0.2, 0.25) is 5.02 Å². The summed E-state index contributed by atoms with van der Waals surface area (Å²) in [6.07, 6.45) is 0.127. The molecule has 0 atom stereocenters. The van der Waals surface area contributed by atoms with Crippen LogP contribution < -0.4 is 9.04 Å². The van der Waals surface area contributed by atoms with E-state index in [1.54, 1.807) is 31.2 Å². The molecule has 0 amide bonds. The van der Waals surface area contributed by atoms with Gasteiger partial charge in [0.2, 0.25) is 0 Å². The molecular formula is C17H16ClNO4S. The van der Waals surface area contributed by atoms with E-state index in [4.69, 9.17) is 16.3 Å². The predicted octanol–water partition coefficient (Wildman–Crippen LogP) is 3.44. The molecule has 0 fully saturated rings. The first-order valence-corrected chi connectivity index (χ1v) is 9.16. The molecule has 2 aromatic rings. The maximum Gasteiger partial charge on any atom is 0.264 e. The lowest BCUT2D eigenvalue weighted by atomic mass is 10.0. The molecule has 3 rings (SSSR count). The molecule has 0 radical (unpaired) electrons. The van der Waals surface area contributed by atoms with Crippen LogP contribution in [-0.4, -0.2) is 27.9 Å². The normalized spacial score (nSPS) is 14.5. The molecule has 24 heavy (non-hydrogen) atoms. The van der Waals surface area contributed by atoms with E-state index in [0.717, 1.165) is 5.56 Å². The lowest BCUT2D eigenvalue weighted by Gasteiger charge is -2.30. The fourth-order valence-corrected chi connectivity index (χ4v) is 4.54. The number of nitrogens with zero attached hydrogens (tertiary/aromatic N) is 1. The molecule has 7 heteroatoms. The highest BCUT2D eigenvalue weighted by Gasteiger charge is 2.32. The smallest absolute Gasteiger partial charge is 0.264 e. The Morgan fingerprint density at radius 3 is 2.58 bits per heavy atom. The van der Waals surface area contributed by atoms with Crippen molar-refractivity contribution in [3.8, 4) is 5.75 Å². The third kappa shape index (κ3) is 2.76. The molecule has 1 aliphatic rings. The molecule has 2 aromatic carbocycles. The first kappa shape index (κ1) is 16.8. The molecule has 1 aliphatic heterocycles. The number of Topliss-reactive ketones (excluding diaryl/α,β-unsaturated/α-hetero) is 1. The summed E-state index contributed by atoms with van der Waals surface area (Å²) in [6, 6.07) is 9.37. The van der Waals surface area contributed by atoms with Gasteiger partial charge in [0, 0.05) is 23.6 Å². The van der Waals surface area contributed by atoms with E-state index in [0.29, 0.717) is 22.0 Å². The number of rotatable bonds is 3. The van der Waals surface area contributed by atoms with Gasteiger partial charge >= 0.3 is 0 Å². The molecular weight excluding hydrogens is 350 g/mol. The Labute approximate surface area is 145 Å². The highest BCUT2D eigenvalue weighted by atomic mass is 35.5. The number of fused-ring (bicyclic) bond motifs is 1. The molecule has 0 N–H and O–H groups in total. The molecule has 0 saturated heterocycles. The molecule has 0 unspecified atom stereocenters. The van der Waals surface area contributed by atoms with Crippen LogP contribution in [0.5, 0.6) is 5.75 Å². The van der Waals surface area contributed by atoms with Crippen molar-refractivity contribution in [3.05, 3.63) is 52.5 Å². The van der Waals surface area contributed by atoms with Crippen molar-refractivity contribution in [1.29, 1.82) is 0 Å². The number of ketones is 1. The quantitative estimate of drug-likeness (QED) is 0.835. The minimum atomic E-state index is -3.78. The lowest BCUT2D eigenvalue weighted by molar-refractivity contribution is 0.0982. The van der Waals surface area contributed by atoms with Gasteiger partial charge in [-0.3, -0.25) is 9.10 Å². The van der Waals surface area contributed by atoms with Crippen molar-refractivity contribution in [1.82, 2.24) is 0 Å². The summed E-state index contributed by atoms with van der Waals surface area (Å²) in [5.74, 6) is 0.514. The van der Waals surface area contributed by atoms with Gasteiger partial charge in [0.1, 0.15) is 5.75 Å². The number of benzene rings is 2. The van der Waals surface area contributed by atoms with Crippen molar-refractivity contribution in [3.63, 3.8) is 0 Å². The monoisotopic (exact) mass is 365 g/mol. The van der Waals surface area contributed by atoms with Gasteiger partial charge in [-0.1, -0.05) is 11.6 Å². The Morgan fingerprint density at radius 2 is 1.92 bits per heavy atom. The number of anilines is 1. The highest BCUT2D eigenvalue weighted by molar-refractivity contribution is 7.92. The van der Waals surface area contributed by atoms with Crippen LogP contribution >= 0.6 is 11.6 Å². The van der Waals surface area contributed by atoms with Gasteiger partial charge in [0.05, 0.1) is 17.7 Å². The fraction of sp³-hybridized carbons (Fsp3) is 0.235. The average Bonchev–Trinajstić information content (AvgIpc) is 2.55. The zero-order valence-corrected chi connectivity index (χ0v) is 14.8. The van der Waals surface area contributed by atoms with Crippen LogP contribution in [0.15, 0.2) is 41.3 Å². The van der Waals surface area contributed by atoms with E-state index in [1.165, 1.54) is 23.5 Å². The minimum Gasteiger partial charge on any atom is -0.496 e. The zero-order valence-electron chi connectivity index (χ0n) is 13.2. The molecule has 126 valence electrons. The van der Waals surface area contributed by atoms with Gasteiger partial charge in [-0.2, -0.15) is 0 Å². The average molecular weight is 366 g/mol. The van der Waals surface area contributed by atoms with Crippen LogP contribution in [0.25, 0.3) is 0 Å². The first-order chi connectivity index (χ1) is 11.3. The molecule has 1 heterocycles. The van der Waals surface area contributed by atoms with Crippen molar-refractivity contribution < 1.29 is 17.9 Å². The Balaban J connectivity index is 2.10. The fourth-order valence-electron chi connectivity index (χ4n) is 2.80. The Kier molecular flexibility index (Phi) is 4.27. The first-order valence-electron chi connectivity index (χ1n) is 7.34. The standard InChI is InChI=1S/C17H16ClNO4S/c1-11-9-13(4-6-17(11)23-2)24(21,22)19-8-7-16(20)14-10-12(18)3-5-15(14)19/h3-6,9-10H,7-8H2,1-2H3. The van der Waals surface area contributed by atoms with Gasteiger partial charge < -0.3 is 4.74 Å². The predicted molar refractivity (Wildman–Crippen MR) is 92.7 cm³/mol. The second-order valence-corrected chi connectivity index (χ2v) is 7.84. The van der Waals surface area contributed by atoms with Crippen LogP contribution in [0, 0.1) is 6.92 Å².